The van der Waals surface area contributed by atoms with Crippen LogP contribution in [0.3, 0.4) is 0 Å². The highest BCUT2D eigenvalue weighted by molar-refractivity contribution is 9.10. The van der Waals surface area contributed by atoms with Crippen molar-refractivity contribution in [2.24, 2.45) is 0 Å². The molecule has 0 amide bonds. The van der Waals surface area contributed by atoms with E-state index in [-0.39, 0.29) is 4.90 Å². The molecule has 3 rings (SSSR count). The topological polar surface area (TPSA) is 85.1 Å². The highest BCUT2D eigenvalue weighted by Gasteiger charge is 2.20. The fraction of sp³-hybridized carbons (Fsp3) is 0.222. The van der Waals surface area contributed by atoms with E-state index >= 15 is 0 Å². The van der Waals surface area contributed by atoms with Gasteiger partial charge >= 0.3 is 0 Å². The Hall–Kier alpha value is -2.19. The molecular formula is C18H18BrN3O3S. The highest BCUT2D eigenvalue weighted by Crippen LogP contribution is 2.29. The lowest BCUT2D eigenvalue weighted by atomic mass is 10.1. The number of aromatic nitrogens is 2. The first kappa shape index (κ1) is 18.6. The van der Waals surface area contributed by atoms with Crippen molar-refractivity contribution >= 4 is 31.6 Å². The second-order valence-corrected chi connectivity index (χ2v) is 8.44. The van der Waals surface area contributed by atoms with Gasteiger partial charge in [0.25, 0.3) is 10.0 Å². The monoisotopic (exact) mass is 435 g/mol. The van der Waals surface area contributed by atoms with Crippen molar-refractivity contribution in [3.8, 4) is 11.4 Å². The number of sulfonamides is 1. The van der Waals surface area contributed by atoms with Crippen LogP contribution >= 0.6 is 15.9 Å². The van der Waals surface area contributed by atoms with Crippen LogP contribution in [0.25, 0.3) is 11.4 Å². The van der Waals surface area contributed by atoms with Crippen molar-refractivity contribution in [3.63, 3.8) is 0 Å². The SMILES string of the molecule is CCc1nc(-c2ccc(C)c(S(=O)(=O)Nc3ccc(C)cc3Br)c2)no1. The third-order valence-corrected chi connectivity index (χ3v) is 6.04. The quantitative estimate of drug-likeness (QED) is 0.638. The van der Waals surface area contributed by atoms with Gasteiger partial charge < -0.3 is 4.52 Å². The summed E-state index contributed by atoms with van der Waals surface area (Å²) in [6, 6.07) is 10.5. The molecule has 0 bridgehead atoms. The summed E-state index contributed by atoms with van der Waals surface area (Å²) >= 11 is 3.39. The van der Waals surface area contributed by atoms with Crippen molar-refractivity contribution < 1.29 is 12.9 Å². The maximum Gasteiger partial charge on any atom is 0.262 e. The van der Waals surface area contributed by atoms with Gasteiger partial charge in [0.05, 0.1) is 10.6 Å². The Balaban J connectivity index is 2.00. The predicted octanol–water partition coefficient (Wildman–Crippen LogP) is 4.48. The molecule has 0 unspecified atom stereocenters. The number of nitrogens with one attached hydrogen (secondary N) is 1. The molecule has 3 aromatic rings. The van der Waals surface area contributed by atoms with Crippen molar-refractivity contribution in [1.82, 2.24) is 10.1 Å². The molecule has 26 heavy (non-hydrogen) atoms. The molecule has 6 nitrogen and oxygen atoms in total. The maximum absolute atomic E-state index is 12.9. The molecule has 0 spiro atoms. The summed E-state index contributed by atoms with van der Waals surface area (Å²) in [5, 5.41) is 3.91. The lowest BCUT2D eigenvalue weighted by Gasteiger charge is -2.13. The van der Waals surface area contributed by atoms with Gasteiger partial charge in [-0.15, -0.1) is 0 Å². The predicted molar refractivity (Wildman–Crippen MR) is 104 cm³/mol. The number of hydrogen-bond acceptors (Lipinski definition) is 5. The molecule has 0 aliphatic heterocycles. The Bertz CT molecular complexity index is 1060. The smallest absolute Gasteiger partial charge is 0.262 e. The van der Waals surface area contributed by atoms with Crippen molar-refractivity contribution in [3.05, 3.63) is 57.9 Å². The van der Waals surface area contributed by atoms with E-state index in [1.54, 1.807) is 31.2 Å². The average Bonchev–Trinajstić information content (AvgIpc) is 3.07. The molecule has 0 fully saturated rings. The second kappa shape index (κ2) is 7.20. The van der Waals surface area contributed by atoms with Crippen LogP contribution in [0.15, 0.2) is 50.3 Å². The van der Waals surface area contributed by atoms with Crippen LogP contribution in [-0.2, 0) is 16.4 Å². The molecule has 1 N–H and O–H groups in total. The number of rotatable bonds is 5. The summed E-state index contributed by atoms with van der Waals surface area (Å²) in [5.41, 5.74) is 2.72. The zero-order valence-electron chi connectivity index (χ0n) is 14.6. The molecule has 0 saturated heterocycles. The van der Waals surface area contributed by atoms with E-state index in [2.05, 4.69) is 30.8 Å². The summed E-state index contributed by atoms with van der Waals surface area (Å²) in [7, 11) is -3.77. The molecule has 0 aliphatic carbocycles. The van der Waals surface area contributed by atoms with Crippen molar-refractivity contribution in [2.45, 2.75) is 32.1 Å². The minimum atomic E-state index is -3.77. The third kappa shape index (κ3) is 3.81. The van der Waals surface area contributed by atoms with Gasteiger partial charge in [0, 0.05) is 16.5 Å². The second-order valence-electron chi connectivity index (χ2n) is 5.93. The van der Waals surface area contributed by atoms with E-state index in [1.807, 2.05) is 26.0 Å². The molecule has 1 aromatic heterocycles. The number of anilines is 1. The fourth-order valence-electron chi connectivity index (χ4n) is 2.45. The summed E-state index contributed by atoms with van der Waals surface area (Å²) in [6.07, 6.45) is 0.618. The van der Waals surface area contributed by atoms with Gasteiger partial charge in [-0.1, -0.05) is 30.3 Å². The van der Waals surface area contributed by atoms with Crippen LogP contribution in [0.2, 0.25) is 0 Å². The number of halogens is 1. The Labute approximate surface area is 160 Å². The molecular weight excluding hydrogens is 418 g/mol. The molecule has 0 aliphatic rings. The first-order valence-corrected chi connectivity index (χ1v) is 10.3. The number of aryl methyl sites for hydroxylation is 3. The van der Waals surface area contributed by atoms with Crippen LogP contribution in [0.1, 0.15) is 23.9 Å². The minimum Gasteiger partial charge on any atom is -0.339 e. The molecule has 0 radical (unpaired) electrons. The number of benzene rings is 2. The zero-order chi connectivity index (χ0) is 18.9. The minimum absolute atomic E-state index is 0.172. The van der Waals surface area contributed by atoms with E-state index in [0.29, 0.717) is 39.4 Å². The van der Waals surface area contributed by atoms with Gasteiger partial charge in [0.15, 0.2) is 0 Å². The van der Waals surface area contributed by atoms with Gasteiger partial charge in [0.1, 0.15) is 0 Å². The molecule has 8 heteroatoms. The first-order chi connectivity index (χ1) is 12.3. The molecule has 136 valence electrons. The van der Waals surface area contributed by atoms with E-state index in [0.717, 1.165) is 5.56 Å². The van der Waals surface area contributed by atoms with Gasteiger partial charge in [-0.05, 0) is 59.1 Å². The average molecular weight is 436 g/mol. The lowest BCUT2D eigenvalue weighted by molar-refractivity contribution is 0.383. The van der Waals surface area contributed by atoms with Gasteiger partial charge in [-0.3, -0.25) is 4.72 Å². The van der Waals surface area contributed by atoms with Crippen molar-refractivity contribution in [1.29, 1.82) is 0 Å². The van der Waals surface area contributed by atoms with Crippen molar-refractivity contribution in [2.75, 3.05) is 4.72 Å². The highest BCUT2D eigenvalue weighted by atomic mass is 79.9. The summed E-state index contributed by atoms with van der Waals surface area (Å²) in [5.74, 6) is 0.876. The zero-order valence-corrected chi connectivity index (χ0v) is 17.0. The van der Waals surface area contributed by atoms with E-state index < -0.39 is 10.0 Å². The molecule has 1 heterocycles. The summed E-state index contributed by atoms with van der Waals surface area (Å²) in [6.45, 7) is 5.59. The van der Waals surface area contributed by atoms with Crippen LogP contribution in [0.5, 0.6) is 0 Å². The molecule has 0 saturated carbocycles. The Morgan fingerprint density at radius 1 is 1.15 bits per heavy atom. The van der Waals surface area contributed by atoms with E-state index in [4.69, 9.17) is 4.52 Å². The van der Waals surface area contributed by atoms with Gasteiger partial charge in [0.2, 0.25) is 11.7 Å². The van der Waals surface area contributed by atoms with Crippen LogP contribution in [0, 0.1) is 13.8 Å². The van der Waals surface area contributed by atoms with Gasteiger partial charge in [-0.25, -0.2) is 8.42 Å². The molecule has 0 atom stereocenters. The van der Waals surface area contributed by atoms with Gasteiger partial charge in [-0.2, -0.15) is 4.98 Å². The van der Waals surface area contributed by atoms with Crippen LogP contribution < -0.4 is 4.72 Å². The van der Waals surface area contributed by atoms with E-state index in [1.165, 1.54) is 0 Å². The maximum atomic E-state index is 12.9. The number of hydrogen-bond donors (Lipinski definition) is 1. The largest absolute Gasteiger partial charge is 0.339 e. The van der Waals surface area contributed by atoms with Crippen LogP contribution in [-0.4, -0.2) is 18.6 Å². The van der Waals surface area contributed by atoms with E-state index in [9.17, 15) is 8.42 Å². The fourth-order valence-corrected chi connectivity index (χ4v) is 4.52. The third-order valence-electron chi connectivity index (χ3n) is 3.88. The number of nitrogens with zero attached hydrogens (tertiary/aromatic N) is 2. The Morgan fingerprint density at radius 2 is 1.92 bits per heavy atom. The standard InChI is InChI=1S/C18H18BrN3O3S/c1-4-17-20-18(21-25-17)13-7-6-12(3)16(10-13)26(23,24)22-15-8-5-11(2)9-14(15)19/h5-10,22H,4H2,1-3H3. The summed E-state index contributed by atoms with van der Waals surface area (Å²) in [4.78, 5) is 4.43. The lowest BCUT2D eigenvalue weighted by Crippen LogP contribution is -2.15. The normalized spacial score (nSPS) is 11.5. The Morgan fingerprint density at radius 3 is 2.58 bits per heavy atom. The Kier molecular flexibility index (Phi) is 5.15. The summed E-state index contributed by atoms with van der Waals surface area (Å²) < 4.78 is 34.2. The molecule has 2 aromatic carbocycles. The van der Waals surface area contributed by atoms with Crippen LogP contribution in [0.4, 0.5) is 5.69 Å². The first-order valence-electron chi connectivity index (χ1n) is 8.02.